The number of esters is 2. The summed E-state index contributed by atoms with van der Waals surface area (Å²) in [6, 6.07) is 2.32. The number of alkyl halides is 1. The highest BCUT2D eigenvalue weighted by molar-refractivity contribution is 5.97. The first-order chi connectivity index (χ1) is 21.7. The Bertz CT molecular complexity index is 1240. The smallest absolute Gasteiger partial charge is 0.408 e. The van der Waals surface area contributed by atoms with Crippen LogP contribution in [0.2, 0.25) is 0 Å². The molecule has 0 bridgehead atoms. The van der Waals surface area contributed by atoms with Crippen molar-refractivity contribution in [3.63, 3.8) is 0 Å². The van der Waals surface area contributed by atoms with E-state index in [9.17, 15) is 47.9 Å². The number of halogens is 1. The summed E-state index contributed by atoms with van der Waals surface area (Å²) in [7, 11) is 2.07. The second-order valence-electron chi connectivity index (χ2n) is 10.2. The maximum Gasteiger partial charge on any atom is 0.408 e. The topological polar surface area (TPSA) is 233 Å². The van der Waals surface area contributed by atoms with Crippen LogP contribution in [-0.4, -0.2) is 97.7 Å². The Labute approximate surface area is 264 Å². The quantitative estimate of drug-likeness (QED) is 0.0974. The largest absolute Gasteiger partial charge is 0.481 e. The Hall–Kier alpha value is -5.09. The van der Waals surface area contributed by atoms with Crippen LogP contribution in [0.3, 0.4) is 0 Å². The molecular formula is C29H39FN4O12. The van der Waals surface area contributed by atoms with E-state index in [1.54, 1.807) is 30.3 Å². The molecule has 0 aliphatic heterocycles. The first-order valence-electron chi connectivity index (χ1n) is 14.0. The zero-order chi connectivity index (χ0) is 34.8. The lowest BCUT2D eigenvalue weighted by atomic mass is 10.0. The highest BCUT2D eigenvalue weighted by atomic mass is 19.1. The van der Waals surface area contributed by atoms with Crippen molar-refractivity contribution in [2.24, 2.45) is 5.92 Å². The summed E-state index contributed by atoms with van der Waals surface area (Å²) in [5, 5.41) is 18.2. The molecule has 254 valence electrons. The monoisotopic (exact) mass is 654 g/mol. The number of carbonyl (C=O) groups is 8. The van der Waals surface area contributed by atoms with Crippen LogP contribution in [0.1, 0.15) is 45.1 Å². The Morgan fingerprint density at radius 2 is 1.30 bits per heavy atom. The summed E-state index contributed by atoms with van der Waals surface area (Å²) in [5.41, 5.74) is 0.631. The molecule has 0 radical (unpaired) electrons. The number of hydrogen-bond donors (Lipinski definition) is 5. The molecule has 0 heterocycles. The number of ether oxygens (including phenoxy) is 3. The molecule has 0 saturated carbocycles. The summed E-state index contributed by atoms with van der Waals surface area (Å²) in [4.78, 5) is 98.9. The van der Waals surface area contributed by atoms with Gasteiger partial charge in [-0.05, 0) is 17.9 Å². The van der Waals surface area contributed by atoms with Crippen LogP contribution in [0.4, 0.5) is 9.18 Å². The number of Topliss-reactive ketones (excluding diaryl/α,β-unsaturated/α-hetero) is 1. The number of carboxylic acids is 1. The predicted octanol–water partition coefficient (Wildman–Crippen LogP) is -0.0786. The molecule has 0 spiro atoms. The fourth-order valence-corrected chi connectivity index (χ4v) is 3.81. The van der Waals surface area contributed by atoms with E-state index >= 15 is 0 Å². The van der Waals surface area contributed by atoms with Gasteiger partial charge in [0.2, 0.25) is 17.7 Å². The van der Waals surface area contributed by atoms with Crippen LogP contribution in [0.15, 0.2) is 30.3 Å². The van der Waals surface area contributed by atoms with E-state index in [1.165, 1.54) is 13.8 Å². The van der Waals surface area contributed by atoms with Crippen molar-refractivity contribution >= 4 is 47.5 Å². The molecule has 5 N–H and O–H groups in total. The van der Waals surface area contributed by atoms with E-state index in [0.29, 0.717) is 5.56 Å². The zero-order valence-corrected chi connectivity index (χ0v) is 25.8. The van der Waals surface area contributed by atoms with Gasteiger partial charge in [0, 0.05) is 6.42 Å². The zero-order valence-electron chi connectivity index (χ0n) is 25.8. The predicted molar refractivity (Wildman–Crippen MR) is 155 cm³/mol. The molecule has 0 saturated heterocycles. The summed E-state index contributed by atoms with van der Waals surface area (Å²) in [5.74, 6) is -8.01. The van der Waals surface area contributed by atoms with Crippen molar-refractivity contribution in [2.45, 2.75) is 70.3 Å². The summed E-state index contributed by atoms with van der Waals surface area (Å²) in [6.45, 7) is 1.36. The van der Waals surface area contributed by atoms with Crippen molar-refractivity contribution < 1.29 is 62.1 Å². The number of carboxylic acid groups (broad SMARTS) is 1. The van der Waals surface area contributed by atoms with E-state index < -0.39 is 110 Å². The average Bonchev–Trinajstić information content (AvgIpc) is 3.03. The van der Waals surface area contributed by atoms with Gasteiger partial charge in [0.1, 0.15) is 37.4 Å². The number of alkyl carbamates (subject to hydrolysis) is 1. The average molecular weight is 655 g/mol. The van der Waals surface area contributed by atoms with E-state index in [0.717, 1.165) is 14.2 Å². The molecular weight excluding hydrogens is 615 g/mol. The number of amides is 4. The summed E-state index contributed by atoms with van der Waals surface area (Å²) >= 11 is 0. The SMILES string of the molecule is COC(=O)C[C@H](NC(=O)[C@@H](NC(=O)[C@H](CCC(=O)O)NC(=O)[C@H](CC(=O)OC)NC(=O)OCc1ccccc1)C(C)C)C(=O)CF. The molecule has 0 unspecified atom stereocenters. The van der Waals surface area contributed by atoms with Gasteiger partial charge in [-0.15, -0.1) is 0 Å². The Kier molecular flexibility index (Phi) is 17.0. The highest BCUT2D eigenvalue weighted by Crippen LogP contribution is 2.09. The Morgan fingerprint density at radius 1 is 0.761 bits per heavy atom. The summed E-state index contributed by atoms with van der Waals surface area (Å²) < 4.78 is 27.2. The lowest BCUT2D eigenvalue weighted by Crippen LogP contribution is -2.59. The van der Waals surface area contributed by atoms with Crippen LogP contribution >= 0.6 is 0 Å². The highest BCUT2D eigenvalue weighted by Gasteiger charge is 2.34. The van der Waals surface area contributed by atoms with Gasteiger partial charge in [-0.25, -0.2) is 9.18 Å². The van der Waals surface area contributed by atoms with E-state index in [-0.39, 0.29) is 6.61 Å². The fraction of sp³-hybridized carbons (Fsp3) is 0.517. The molecule has 0 aliphatic carbocycles. The van der Waals surface area contributed by atoms with Crippen molar-refractivity contribution in [2.75, 3.05) is 20.9 Å². The number of rotatable bonds is 19. The van der Waals surface area contributed by atoms with Gasteiger partial charge in [0.05, 0.1) is 27.1 Å². The number of benzene rings is 1. The van der Waals surface area contributed by atoms with E-state index in [1.807, 2.05) is 0 Å². The molecule has 1 aromatic carbocycles. The first kappa shape index (κ1) is 38.9. The summed E-state index contributed by atoms with van der Waals surface area (Å²) in [6.07, 6.45) is -3.54. The molecule has 1 aromatic rings. The second-order valence-corrected chi connectivity index (χ2v) is 10.2. The lowest BCUT2D eigenvalue weighted by molar-refractivity contribution is -0.144. The molecule has 16 nitrogen and oxygen atoms in total. The third-order valence-corrected chi connectivity index (χ3v) is 6.38. The van der Waals surface area contributed by atoms with Gasteiger partial charge in [0.15, 0.2) is 5.78 Å². The van der Waals surface area contributed by atoms with Crippen molar-refractivity contribution in [3.8, 4) is 0 Å². The Balaban J connectivity index is 3.13. The van der Waals surface area contributed by atoms with Gasteiger partial charge < -0.3 is 40.6 Å². The van der Waals surface area contributed by atoms with Crippen LogP contribution in [0, 0.1) is 5.92 Å². The van der Waals surface area contributed by atoms with E-state index in [2.05, 4.69) is 30.7 Å². The maximum absolute atomic E-state index is 13.3. The van der Waals surface area contributed by atoms with Gasteiger partial charge in [0.25, 0.3) is 0 Å². The van der Waals surface area contributed by atoms with Crippen molar-refractivity contribution in [1.82, 2.24) is 21.3 Å². The van der Waals surface area contributed by atoms with E-state index in [4.69, 9.17) is 4.74 Å². The number of carbonyl (C=O) groups excluding carboxylic acids is 7. The number of methoxy groups -OCH3 is 2. The van der Waals surface area contributed by atoms with Crippen molar-refractivity contribution in [3.05, 3.63) is 35.9 Å². The fourth-order valence-electron chi connectivity index (χ4n) is 3.81. The van der Waals surface area contributed by atoms with Crippen LogP contribution in [0.25, 0.3) is 0 Å². The first-order valence-corrected chi connectivity index (χ1v) is 14.0. The van der Waals surface area contributed by atoms with Crippen LogP contribution in [-0.2, 0) is 54.4 Å². The molecule has 17 heteroatoms. The third kappa shape index (κ3) is 14.1. The minimum Gasteiger partial charge on any atom is -0.481 e. The van der Waals surface area contributed by atoms with Crippen LogP contribution in [0.5, 0.6) is 0 Å². The van der Waals surface area contributed by atoms with Gasteiger partial charge in [-0.3, -0.25) is 33.6 Å². The minimum atomic E-state index is -1.62. The lowest BCUT2D eigenvalue weighted by Gasteiger charge is -2.27. The minimum absolute atomic E-state index is 0.168. The number of hydrogen-bond acceptors (Lipinski definition) is 11. The standard InChI is InChI=1S/C29H39FN4O12/c1-16(2)25(28(42)32-19(21(35)14-30)12-23(38)44-3)34-26(40)18(10-11-22(36)37)31-27(41)20(13-24(39)45-4)33-29(43)46-15-17-8-6-5-7-9-17/h5-9,16,18-20,25H,10-15H2,1-4H3,(H,31,41)(H,32,42)(H,33,43)(H,34,40)(H,36,37)/t18-,19-,20-,25-/m0/s1. The number of ketones is 1. The molecule has 46 heavy (non-hydrogen) atoms. The van der Waals surface area contributed by atoms with Crippen molar-refractivity contribution in [1.29, 1.82) is 0 Å². The van der Waals surface area contributed by atoms with Gasteiger partial charge in [-0.2, -0.15) is 0 Å². The molecule has 1 rings (SSSR count). The second kappa shape index (κ2) is 20.0. The van der Waals surface area contributed by atoms with Gasteiger partial charge in [-0.1, -0.05) is 44.2 Å². The number of aliphatic carboxylic acids is 1. The normalized spacial score (nSPS) is 13.2. The third-order valence-electron chi connectivity index (χ3n) is 6.38. The molecule has 4 atom stereocenters. The Morgan fingerprint density at radius 3 is 1.83 bits per heavy atom. The molecule has 0 aliphatic rings. The molecule has 4 amide bonds. The van der Waals surface area contributed by atoms with Crippen LogP contribution < -0.4 is 21.3 Å². The number of nitrogens with one attached hydrogen (secondary N) is 4. The molecule has 0 fully saturated rings. The van der Waals surface area contributed by atoms with Gasteiger partial charge >= 0.3 is 24.0 Å². The maximum atomic E-state index is 13.3. The molecule has 0 aromatic heterocycles.